The van der Waals surface area contributed by atoms with Crippen molar-refractivity contribution in [3.05, 3.63) is 0 Å². The van der Waals surface area contributed by atoms with Gasteiger partial charge in [0.1, 0.15) is 6.10 Å². The first-order valence-electron chi connectivity index (χ1n) is 7.45. The number of carbonyl (C=O) groups is 2. The van der Waals surface area contributed by atoms with E-state index in [1.165, 1.54) is 0 Å². The van der Waals surface area contributed by atoms with E-state index >= 15 is 0 Å². The van der Waals surface area contributed by atoms with Gasteiger partial charge in [-0.3, -0.25) is 9.59 Å². The molecule has 0 aromatic heterocycles. The fraction of sp³-hybridized carbons (Fsp3) is 0.857. The van der Waals surface area contributed by atoms with E-state index in [9.17, 15) is 9.59 Å². The highest BCUT2D eigenvalue weighted by Crippen LogP contribution is 2.31. The summed E-state index contributed by atoms with van der Waals surface area (Å²) in [7, 11) is 0. The maximum Gasteiger partial charge on any atom is 0.251 e. The fourth-order valence-electron chi connectivity index (χ4n) is 2.92. The first-order valence-corrected chi connectivity index (χ1v) is 7.45. The zero-order valence-corrected chi connectivity index (χ0v) is 11.3. The van der Waals surface area contributed by atoms with Crippen LogP contribution in [-0.4, -0.2) is 60.5 Å². The normalized spacial score (nSPS) is 28.3. The van der Waals surface area contributed by atoms with Crippen molar-refractivity contribution >= 4 is 11.8 Å². The minimum atomic E-state index is -0.231. The average molecular weight is 266 g/mol. The third-order valence-electron chi connectivity index (χ3n) is 4.25. The highest BCUT2D eigenvalue weighted by Gasteiger charge is 2.35. The van der Waals surface area contributed by atoms with Crippen LogP contribution in [0.1, 0.15) is 32.1 Å². The number of amides is 2. The summed E-state index contributed by atoms with van der Waals surface area (Å²) in [6.07, 6.45) is 4.58. The number of rotatable bonds is 2. The number of hydrogen-bond acceptors (Lipinski definition) is 3. The van der Waals surface area contributed by atoms with Gasteiger partial charge in [0, 0.05) is 38.7 Å². The van der Waals surface area contributed by atoms with Gasteiger partial charge in [0.05, 0.1) is 0 Å². The summed E-state index contributed by atoms with van der Waals surface area (Å²) in [6.45, 7) is 3.61. The lowest BCUT2D eigenvalue weighted by Crippen LogP contribution is -2.42. The zero-order chi connectivity index (χ0) is 13.2. The third kappa shape index (κ3) is 2.91. The van der Waals surface area contributed by atoms with E-state index in [-0.39, 0.29) is 17.9 Å². The third-order valence-corrected chi connectivity index (χ3v) is 4.25. The minimum absolute atomic E-state index is 0.123. The first kappa shape index (κ1) is 12.9. The van der Waals surface area contributed by atoms with E-state index in [2.05, 4.69) is 0 Å². The lowest BCUT2D eigenvalue weighted by atomic mass is 10.2. The van der Waals surface area contributed by atoms with Crippen molar-refractivity contribution in [2.45, 2.75) is 38.2 Å². The molecule has 0 aromatic carbocycles. The van der Waals surface area contributed by atoms with Gasteiger partial charge in [0.15, 0.2) is 0 Å². The molecular formula is C14H22N2O3. The maximum atomic E-state index is 12.3. The molecule has 19 heavy (non-hydrogen) atoms. The second-order valence-electron chi connectivity index (χ2n) is 5.78. The SMILES string of the molecule is O=C(C1CC1)N1CCCN(C(=O)C2CCCO2)CC1. The van der Waals surface area contributed by atoms with E-state index in [1.54, 1.807) is 0 Å². The lowest BCUT2D eigenvalue weighted by molar-refractivity contribution is -0.141. The number of ether oxygens (including phenoxy) is 1. The summed E-state index contributed by atoms with van der Waals surface area (Å²) in [5.74, 6) is 0.699. The predicted octanol–water partition coefficient (Wildman–Crippen LogP) is 0.636. The number of carbonyl (C=O) groups excluding carboxylic acids is 2. The monoisotopic (exact) mass is 266 g/mol. The van der Waals surface area contributed by atoms with Gasteiger partial charge in [-0.05, 0) is 32.1 Å². The van der Waals surface area contributed by atoms with E-state index in [4.69, 9.17) is 4.74 Å². The van der Waals surface area contributed by atoms with E-state index in [0.717, 1.165) is 45.2 Å². The van der Waals surface area contributed by atoms with Gasteiger partial charge in [-0.25, -0.2) is 0 Å². The van der Waals surface area contributed by atoms with Crippen LogP contribution in [0.15, 0.2) is 0 Å². The highest BCUT2D eigenvalue weighted by atomic mass is 16.5. The summed E-state index contributed by atoms with van der Waals surface area (Å²) >= 11 is 0. The molecule has 1 unspecified atom stereocenters. The van der Waals surface area contributed by atoms with Gasteiger partial charge >= 0.3 is 0 Å². The standard InChI is InChI=1S/C14H22N2O3/c17-13(11-4-5-11)15-6-2-7-16(9-8-15)14(18)12-3-1-10-19-12/h11-12H,1-10H2. The second-order valence-corrected chi connectivity index (χ2v) is 5.78. The van der Waals surface area contributed by atoms with Crippen molar-refractivity contribution < 1.29 is 14.3 Å². The molecule has 2 amide bonds. The largest absolute Gasteiger partial charge is 0.368 e. The molecule has 1 atom stereocenters. The Morgan fingerprint density at radius 3 is 2.11 bits per heavy atom. The first-order chi connectivity index (χ1) is 9.25. The Balaban J connectivity index is 1.54. The molecule has 5 heteroatoms. The molecule has 1 saturated carbocycles. The molecule has 0 aromatic rings. The summed E-state index contributed by atoms with van der Waals surface area (Å²) in [5.41, 5.74) is 0. The van der Waals surface area contributed by atoms with Gasteiger partial charge in [-0.2, -0.15) is 0 Å². The number of nitrogens with zero attached hydrogens (tertiary/aromatic N) is 2. The van der Waals surface area contributed by atoms with Gasteiger partial charge in [0.25, 0.3) is 5.91 Å². The summed E-state index contributed by atoms with van der Waals surface area (Å²) < 4.78 is 5.46. The number of hydrogen-bond donors (Lipinski definition) is 0. The van der Waals surface area contributed by atoms with Crippen LogP contribution < -0.4 is 0 Å². The Labute approximate surface area is 113 Å². The van der Waals surface area contributed by atoms with E-state index in [0.29, 0.717) is 25.6 Å². The second kappa shape index (κ2) is 5.49. The highest BCUT2D eigenvalue weighted by molar-refractivity contribution is 5.82. The van der Waals surface area contributed by atoms with E-state index in [1.807, 2.05) is 9.80 Å². The molecule has 3 aliphatic rings. The smallest absolute Gasteiger partial charge is 0.251 e. The molecule has 0 N–H and O–H groups in total. The van der Waals surface area contributed by atoms with Crippen molar-refractivity contribution in [3.63, 3.8) is 0 Å². The Morgan fingerprint density at radius 1 is 0.842 bits per heavy atom. The fourth-order valence-corrected chi connectivity index (χ4v) is 2.92. The van der Waals surface area contributed by atoms with Crippen molar-refractivity contribution in [3.8, 4) is 0 Å². The van der Waals surface area contributed by atoms with Crippen molar-refractivity contribution in [1.29, 1.82) is 0 Å². The molecule has 0 bridgehead atoms. The predicted molar refractivity (Wildman–Crippen MR) is 69.5 cm³/mol. The van der Waals surface area contributed by atoms with E-state index < -0.39 is 0 Å². The zero-order valence-electron chi connectivity index (χ0n) is 11.3. The summed E-state index contributed by atoms with van der Waals surface area (Å²) in [5, 5.41) is 0. The van der Waals surface area contributed by atoms with Crippen LogP contribution in [0, 0.1) is 5.92 Å². The van der Waals surface area contributed by atoms with Gasteiger partial charge < -0.3 is 14.5 Å². The Bertz CT molecular complexity index is 362. The Morgan fingerprint density at radius 2 is 1.53 bits per heavy atom. The van der Waals surface area contributed by atoms with Gasteiger partial charge in [-0.1, -0.05) is 0 Å². The van der Waals surface area contributed by atoms with Crippen LogP contribution in [-0.2, 0) is 14.3 Å². The lowest BCUT2D eigenvalue weighted by Gasteiger charge is -2.24. The molecule has 3 rings (SSSR count). The van der Waals surface area contributed by atoms with Crippen LogP contribution in [0.4, 0.5) is 0 Å². The summed E-state index contributed by atoms with van der Waals surface area (Å²) in [4.78, 5) is 28.1. The maximum absolute atomic E-state index is 12.3. The molecule has 5 nitrogen and oxygen atoms in total. The van der Waals surface area contributed by atoms with Crippen molar-refractivity contribution in [1.82, 2.24) is 9.80 Å². The molecule has 2 saturated heterocycles. The topological polar surface area (TPSA) is 49.9 Å². The molecule has 0 radical (unpaired) electrons. The van der Waals surface area contributed by atoms with Gasteiger partial charge in [0.2, 0.25) is 5.91 Å². The Kier molecular flexibility index (Phi) is 3.73. The quantitative estimate of drug-likeness (QED) is 0.737. The molecule has 0 spiro atoms. The van der Waals surface area contributed by atoms with Crippen LogP contribution in [0.25, 0.3) is 0 Å². The average Bonchev–Trinajstić information content (AvgIpc) is 3.18. The minimum Gasteiger partial charge on any atom is -0.368 e. The van der Waals surface area contributed by atoms with Gasteiger partial charge in [-0.15, -0.1) is 0 Å². The molecule has 106 valence electrons. The molecular weight excluding hydrogens is 244 g/mol. The van der Waals surface area contributed by atoms with Crippen molar-refractivity contribution in [2.75, 3.05) is 32.8 Å². The molecule has 1 aliphatic carbocycles. The van der Waals surface area contributed by atoms with Crippen molar-refractivity contribution in [2.24, 2.45) is 5.92 Å². The van der Waals surface area contributed by atoms with Crippen LogP contribution in [0.5, 0.6) is 0 Å². The summed E-state index contributed by atoms with van der Waals surface area (Å²) in [6, 6.07) is 0. The molecule has 2 heterocycles. The Hall–Kier alpha value is -1.10. The molecule has 2 aliphatic heterocycles. The van der Waals surface area contributed by atoms with Crippen LogP contribution >= 0.6 is 0 Å². The van der Waals surface area contributed by atoms with Crippen LogP contribution in [0.3, 0.4) is 0 Å². The van der Waals surface area contributed by atoms with Crippen LogP contribution in [0.2, 0.25) is 0 Å². The molecule has 3 fully saturated rings.